The van der Waals surface area contributed by atoms with E-state index < -0.39 is 0 Å². The summed E-state index contributed by atoms with van der Waals surface area (Å²) in [5.74, 6) is 0.590. The number of carbonyl (C=O) groups excluding carboxylic acids is 2. The average molecular weight is 259 g/mol. The first-order chi connectivity index (χ1) is 9.10. The Morgan fingerprint density at radius 1 is 1.32 bits per heavy atom. The van der Waals surface area contributed by atoms with Crippen molar-refractivity contribution in [2.75, 3.05) is 13.1 Å². The first kappa shape index (κ1) is 13.8. The third kappa shape index (κ3) is 3.43. The van der Waals surface area contributed by atoms with Crippen molar-refractivity contribution in [2.24, 2.45) is 5.92 Å². The molecule has 1 heterocycles. The smallest absolute Gasteiger partial charge is 0.223 e. The van der Waals surface area contributed by atoms with Gasteiger partial charge in [-0.25, -0.2) is 0 Å². The van der Waals surface area contributed by atoms with Crippen molar-refractivity contribution < 1.29 is 9.59 Å². The van der Waals surface area contributed by atoms with Gasteiger partial charge in [0.05, 0.1) is 6.54 Å². The maximum atomic E-state index is 12.1. The summed E-state index contributed by atoms with van der Waals surface area (Å²) in [4.78, 5) is 25.7. The monoisotopic (exact) mass is 259 g/mol. The Kier molecular flexibility index (Phi) is 4.35. The van der Waals surface area contributed by atoms with Crippen molar-refractivity contribution in [3.8, 4) is 0 Å². The highest BCUT2D eigenvalue weighted by molar-refractivity contribution is 5.99. The second-order valence-corrected chi connectivity index (χ2v) is 5.42. The summed E-state index contributed by atoms with van der Waals surface area (Å²) in [5.41, 5.74) is 1.83. The summed E-state index contributed by atoms with van der Waals surface area (Å²) in [6, 6.07) is 7.53. The van der Waals surface area contributed by atoms with Crippen molar-refractivity contribution in [2.45, 2.75) is 33.1 Å². The molecule has 3 nitrogen and oxygen atoms in total. The molecule has 0 aliphatic carbocycles. The minimum Gasteiger partial charge on any atom is -0.335 e. The largest absolute Gasteiger partial charge is 0.335 e. The van der Waals surface area contributed by atoms with Gasteiger partial charge in [-0.05, 0) is 19.3 Å². The number of likely N-dealkylation sites (tertiary alicyclic amines) is 1. The molecule has 102 valence electrons. The van der Waals surface area contributed by atoms with Crippen molar-refractivity contribution >= 4 is 11.7 Å². The number of hydrogen-bond acceptors (Lipinski definition) is 2. The molecular weight excluding hydrogens is 238 g/mol. The Morgan fingerprint density at radius 2 is 2.00 bits per heavy atom. The summed E-state index contributed by atoms with van der Waals surface area (Å²) in [6.07, 6.45) is 2.77. The molecule has 3 heteroatoms. The summed E-state index contributed by atoms with van der Waals surface area (Å²) in [6.45, 7) is 5.09. The van der Waals surface area contributed by atoms with Crippen LogP contribution in [0.5, 0.6) is 0 Å². The number of aryl methyl sites for hydroxylation is 1. The Hall–Kier alpha value is -1.64. The van der Waals surface area contributed by atoms with Crippen molar-refractivity contribution in [1.82, 2.24) is 4.90 Å². The molecular formula is C16H21NO2. The molecule has 1 aromatic rings. The van der Waals surface area contributed by atoms with E-state index in [1.54, 1.807) is 4.90 Å². The molecule has 1 fully saturated rings. The fourth-order valence-corrected chi connectivity index (χ4v) is 2.61. The number of ketones is 1. The van der Waals surface area contributed by atoms with Crippen LogP contribution < -0.4 is 0 Å². The molecule has 0 N–H and O–H groups in total. The summed E-state index contributed by atoms with van der Waals surface area (Å²) in [5, 5.41) is 0. The first-order valence-corrected chi connectivity index (χ1v) is 6.97. The molecule has 1 atom stereocenters. The van der Waals surface area contributed by atoms with Gasteiger partial charge in [0, 0.05) is 18.5 Å². The molecule has 0 spiro atoms. The highest BCUT2D eigenvalue weighted by Gasteiger charge is 2.30. The fourth-order valence-electron chi connectivity index (χ4n) is 2.61. The topological polar surface area (TPSA) is 37.4 Å². The van der Waals surface area contributed by atoms with Gasteiger partial charge in [0.15, 0.2) is 5.78 Å². The van der Waals surface area contributed by atoms with Crippen molar-refractivity contribution in [1.29, 1.82) is 0 Å². The Bertz CT molecular complexity index is 464. The quantitative estimate of drug-likeness (QED) is 0.762. The van der Waals surface area contributed by atoms with E-state index in [1.165, 1.54) is 0 Å². The Balaban J connectivity index is 1.96. The third-order valence-electron chi connectivity index (χ3n) is 3.70. The molecule has 1 aromatic carbocycles. The highest BCUT2D eigenvalue weighted by Crippen LogP contribution is 2.22. The van der Waals surface area contributed by atoms with Crippen LogP contribution in [0.4, 0.5) is 0 Å². The van der Waals surface area contributed by atoms with Crippen LogP contribution in [0.15, 0.2) is 24.3 Å². The predicted molar refractivity (Wildman–Crippen MR) is 75.1 cm³/mol. The average Bonchev–Trinajstić information content (AvgIpc) is 2.71. The molecule has 1 amide bonds. The van der Waals surface area contributed by atoms with Crippen LogP contribution in [-0.4, -0.2) is 29.7 Å². The van der Waals surface area contributed by atoms with Crippen LogP contribution in [0.2, 0.25) is 0 Å². The van der Waals surface area contributed by atoms with E-state index in [9.17, 15) is 9.59 Å². The molecule has 2 rings (SSSR count). The van der Waals surface area contributed by atoms with Crippen LogP contribution in [-0.2, 0) is 4.79 Å². The normalized spacial score (nSPS) is 18.9. The molecule has 1 aliphatic heterocycles. The molecule has 0 radical (unpaired) electrons. The molecule has 0 bridgehead atoms. The van der Waals surface area contributed by atoms with E-state index in [4.69, 9.17) is 0 Å². The van der Waals surface area contributed by atoms with Crippen LogP contribution in [0, 0.1) is 12.8 Å². The van der Waals surface area contributed by atoms with Gasteiger partial charge in [-0.1, -0.05) is 43.2 Å². The first-order valence-electron chi connectivity index (χ1n) is 6.97. The second kappa shape index (κ2) is 6.00. The third-order valence-corrected chi connectivity index (χ3v) is 3.70. The summed E-state index contributed by atoms with van der Waals surface area (Å²) in [7, 11) is 0. The van der Waals surface area contributed by atoms with Crippen LogP contribution in [0.3, 0.4) is 0 Å². The lowest BCUT2D eigenvalue weighted by Crippen LogP contribution is -2.31. The lowest BCUT2D eigenvalue weighted by Gasteiger charge is -2.15. The van der Waals surface area contributed by atoms with Crippen LogP contribution in [0.1, 0.15) is 42.1 Å². The maximum Gasteiger partial charge on any atom is 0.223 e. The molecule has 0 saturated carbocycles. The second-order valence-electron chi connectivity index (χ2n) is 5.42. The Morgan fingerprint density at radius 3 is 2.63 bits per heavy atom. The molecule has 1 saturated heterocycles. The standard InChI is InChI=1S/C16H21NO2/c1-3-4-13-9-16(19)17(10-13)11-15(18)14-7-5-12(2)6-8-14/h5-8,13H,3-4,9-11H2,1-2H3. The van der Waals surface area contributed by atoms with E-state index in [0.717, 1.165) is 24.9 Å². The van der Waals surface area contributed by atoms with Crippen LogP contribution in [0.25, 0.3) is 0 Å². The zero-order valence-corrected chi connectivity index (χ0v) is 11.7. The van der Waals surface area contributed by atoms with E-state index in [-0.39, 0.29) is 18.2 Å². The van der Waals surface area contributed by atoms with Gasteiger partial charge >= 0.3 is 0 Å². The summed E-state index contributed by atoms with van der Waals surface area (Å²) < 4.78 is 0. The van der Waals surface area contributed by atoms with Gasteiger partial charge in [0.1, 0.15) is 0 Å². The van der Waals surface area contributed by atoms with Gasteiger partial charge in [-0.15, -0.1) is 0 Å². The highest BCUT2D eigenvalue weighted by atomic mass is 16.2. The predicted octanol–water partition coefficient (Wildman–Crippen LogP) is 2.83. The molecule has 1 unspecified atom stereocenters. The summed E-state index contributed by atoms with van der Waals surface area (Å²) >= 11 is 0. The van der Waals surface area contributed by atoms with Gasteiger partial charge < -0.3 is 4.90 Å². The molecule has 19 heavy (non-hydrogen) atoms. The lowest BCUT2D eigenvalue weighted by atomic mass is 10.0. The minimum absolute atomic E-state index is 0.0329. The van der Waals surface area contributed by atoms with E-state index >= 15 is 0 Å². The number of nitrogens with zero attached hydrogens (tertiary/aromatic N) is 1. The van der Waals surface area contributed by atoms with Gasteiger partial charge in [0.25, 0.3) is 0 Å². The Labute approximate surface area is 114 Å². The lowest BCUT2D eigenvalue weighted by molar-refractivity contribution is -0.127. The number of amides is 1. The number of carbonyl (C=O) groups is 2. The van der Waals surface area contributed by atoms with Gasteiger partial charge in [-0.3, -0.25) is 9.59 Å². The SMILES string of the molecule is CCCC1CC(=O)N(CC(=O)c2ccc(C)cc2)C1. The number of Topliss-reactive ketones (excluding diaryl/α,β-unsaturated/α-hetero) is 1. The molecule has 1 aliphatic rings. The number of benzene rings is 1. The number of rotatable bonds is 5. The minimum atomic E-state index is 0.0329. The van der Waals surface area contributed by atoms with Gasteiger partial charge in [0.2, 0.25) is 5.91 Å². The van der Waals surface area contributed by atoms with E-state index in [2.05, 4.69) is 6.92 Å². The maximum absolute atomic E-state index is 12.1. The van der Waals surface area contributed by atoms with Crippen molar-refractivity contribution in [3.05, 3.63) is 35.4 Å². The zero-order valence-electron chi connectivity index (χ0n) is 11.7. The number of hydrogen-bond donors (Lipinski definition) is 0. The van der Waals surface area contributed by atoms with Crippen molar-refractivity contribution in [3.63, 3.8) is 0 Å². The fraction of sp³-hybridized carbons (Fsp3) is 0.500. The molecule has 0 aromatic heterocycles. The van der Waals surface area contributed by atoms with Crippen LogP contribution >= 0.6 is 0 Å². The van der Waals surface area contributed by atoms with E-state index in [1.807, 2.05) is 31.2 Å². The zero-order chi connectivity index (χ0) is 13.8. The van der Waals surface area contributed by atoms with Gasteiger partial charge in [-0.2, -0.15) is 0 Å². The van der Waals surface area contributed by atoms with E-state index in [0.29, 0.717) is 17.9 Å².